The summed E-state index contributed by atoms with van der Waals surface area (Å²) in [7, 11) is 0. The fraction of sp³-hybridized carbons (Fsp3) is 0.0870. The van der Waals surface area contributed by atoms with Gasteiger partial charge in [0.15, 0.2) is 0 Å². The van der Waals surface area contributed by atoms with Gasteiger partial charge in [0, 0.05) is 41.9 Å². The maximum Gasteiger partial charge on any atom is 0.257 e. The molecule has 0 atom stereocenters. The second-order valence-corrected chi connectivity index (χ2v) is 6.87. The van der Waals surface area contributed by atoms with Gasteiger partial charge in [0.2, 0.25) is 0 Å². The molecule has 2 aliphatic heterocycles. The van der Waals surface area contributed by atoms with E-state index in [0.717, 1.165) is 30.0 Å². The van der Waals surface area contributed by atoms with Gasteiger partial charge in [0.25, 0.3) is 5.91 Å². The van der Waals surface area contributed by atoms with Crippen LogP contribution in [0.5, 0.6) is 0 Å². The van der Waals surface area contributed by atoms with Crippen molar-refractivity contribution in [1.29, 1.82) is 0 Å². The second kappa shape index (κ2) is 6.32. The first-order valence-electron chi connectivity index (χ1n) is 9.07. The number of carbonyl (C=O) groups is 1. The first kappa shape index (κ1) is 15.7. The fourth-order valence-electron chi connectivity index (χ4n) is 3.72. The van der Waals surface area contributed by atoms with Crippen LogP contribution in [0, 0.1) is 0 Å². The zero-order valence-corrected chi connectivity index (χ0v) is 14.8. The zero-order valence-electron chi connectivity index (χ0n) is 14.8. The Labute approximate surface area is 158 Å². The fourth-order valence-corrected chi connectivity index (χ4v) is 3.72. The van der Waals surface area contributed by atoms with Gasteiger partial charge in [0.1, 0.15) is 0 Å². The smallest absolute Gasteiger partial charge is 0.257 e. The van der Waals surface area contributed by atoms with Crippen LogP contribution in [-0.4, -0.2) is 5.91 Å². The van der Waals surface area contributed by atoms with E-state index in [4.69, 9.17) is 0 Å². The van der Waals surface area contributed by atoms with Crippen molar-refractivity contribution in [3.8, 4) is 0 Å². The lowest BCUT2D eigenvalue weighted by Gasteiger charge is -2.18. The molecule has 0 saturated carbocycles. The van der Waals surface area contributed by atoms with E-state index >= 15 is 0 Å². The average molecular weight is 353 g/mol. The molecule has 2 N–H and O–H groups in total. The minimum absolute atomic E-state index is 0.0739. The van der Waals surface area contributed by atoms with Gasteiger partial charge in [-0.25, -0.2) is 0 Å². The molecule has 4 heteroatoms. The lowest BCUT2D eigenvalue weighted by Crippen LogP contribution is -2.14. The van der Waals surface area contributed by atoms with Gasteiger partial charge < -0.3 is 15.5 Å². The Balaban J connectivity index is 1.31. The second-order valence-electron chi connectivity index (χ2n) is 6.87. The molecule has 0 spiro atoms. The standard InChI is InChI=1S/C23H19N3O/c27-23-21(20-7-3-4-8-22(20)25-23)13-24-18-9-11-19(12-10-18)26-14-16-5-1-2-6-17(16)15-26/h1-13,24H,14-15H2,(H,25,27). The predicted molar refractivity (Wildman–Crippen MR) is 109 cm³/mol. The van der Waals surface area contributed by atoms with Crippen LogP contribution in [0.4, 0.5) is 17.1 Å². The Bertz CT molecular complexity index is 1030. The third-order valence-corrected chi connectivity index (χ3v) is 5.17. The molecule has 0 bridgehead atoms. The van der Waals surface area contributed by atoms with Crippen LogP contribution >= 0.6 is 0 Å². The monoisotopic (exact) mass is 353 g/mol. The van der Waals surface area contributed by atoms with Crippen molar-refractivity contribution < 1.29 is 4.79 Å². The number of fused-ring (bicyclic) bond motifs is 2. The Morgan fingerprint density at radius 2 is 1.52 bits per heavy atom. The van der Waals surface area contributed by atoms with Gasteiger partial charge in [-0.3, -0.25) is 4.79 Å². The number of carbonyl (C=O) groups excluding carboxylic acids is 1. The molecular weight excluding hydrogens is 334 g/mol. The van der Waals surface area contributed by atoms with Crippen LogP contribution in [0.1, 0.15) is 16.7 Å². The third-order valence-electron chi connectivity index (χ3n) is 5.17. The van der Waals surface area contributed by atoms with Crippen molar-refractivity contribution in [2.24, 2.45) is 0 Å². The van der Waals surface area contributed by atoms with E-state index in [1.54, 1.807) is 6.20 Å². The van der Waals surface area contributed by atoms with E-state index in [0.29, 0.717) is 5.57 Å². The summed E-state index contributed by atoms with van der Waals surface area (Å²) in [6, 6.07) is 24.7. The Morgan fingerprint density at radius 3 is 2.26 bits per heavy atom. The lowest BCUT2D eigenvalue weighted by molar-refractivity contribution is -0.110. The van der Waals surface area contributed by atoms with Gasteiger partial charge in [-0.05, 0) is 41.5 Å². The van der Waals surface area contributed by atoms with Crippen LogP contribution in [-0.2, 0) is 17.9 Å². The molecule has 27 heavy (non-hydrogen) atoms. The Morgan fingerprint density at radius 1 is 0.852 bits per heavy atom. The number of anilines is 3. The highest BCUT2D eigenvalue weighted by atomic mass is 16.2. The molecule has 5 rings (SSSR count). The highest BCUT2D eigenvalue weighted by Crippen LogP contribution is 2.32. The number of hydrogen-bond donors (Lipinski definition) is 2. The summed E-state index contributed by atoms with van der Waals surface area (Å²) < 4.78 is 0. The molecule has 0 unspecified atom stereocenters. The first-order valence-corrected chi connectivity index (χ1v) is 9.07. The van der Waals surface area contributed by atoms with Crippen molar-refractivity contribution in [3.63, 3.8) is 0 Å². The number of para-hydroxylation sites is 1. The summed E-state index contributed by atoms with van der Waals surface area (Å²) >= 11 is 0. The van der Waals surface area contributed by atoms with Gasteiger partial charge in [-0.15, -0.1) is 0 Å². The number of hydrogen-bond acceptors (Lipinski definition) is 3. The van der Waals surface area contributed by atoms with Crippen LogP contribution in [0.15, 0.2) is 79.0 Å². The highest BCUT2D eigenvalue weighted by molar-refractivity contribution is 6.31. The highest BCUT2D eigenvalue weighted by Gasteiger charge is 2.23. The molecule has 0 aromatic heterocycles. The molecule has 0 saturated heterocycles. The molecule has 1 amide bonds. The molecule has 2 aliphatic rings. The van der Waals surface area contributed by atoms with Crippen molar-refractivity contribution in [2.45, 2.75) is 13.1 Å². The maximum atomic E-state index is 12.2. The van der Waals surface area contributed by atoms with Crippen LogP contribution in [0.2, 0.25) is 0 Å². The molecule has 2 heterocycles. The van der Waals surface area contributed by atoms with E-state index in [-0.39, 0.29) is 5.91 Å². The summed E-state index contributed by atoms with van der Waals surface area (Å²) in [5, 5.41) is 6.14. The maximum absolute atomic E-state index is 12.2. The lowest BCUT2D eigenvalue weighted by atomic mass is 10.1. The SMILES string of the molecule is O=C1Nc2ccccc2C1=CNc1ccc(N2Cc3ccccc3C2)cc1. The molecule has 0 fully saturated rings. The van der Waals surface area contributed by atoms with Crippen molar-refractivity contribution >= 4 is 28.5 Å². The van der Waals surface area contributed by atoms with E-state index in [1.165, 1.54) is 16.8 Å². The molecule has 132 valence electrons. The minimum atomic E-state index is -0.0739. The summed E-state index contributed by atoms with van der Waals surface area (Å²) in [5.41, 5.74) is 7.41. The van der Waals surface area contributed by atoms with E-state index in [2.05, 4.69) is 51.9 Å². The van der Waals surface area contributed by atoms with Gasteiger partial charge in [-0.1, -0.05) is 42.5 Å². The van der Waals surface area contributed by atoms with Crippen LogP contribution < -0.4 is 15.5 Å². The molecule has 3 aromatic rings. The van der Waals surface area contributed by atoms with E-state index in [1.807, 2.05) is 36.4 Å². The normalized spacial score (nSPS) is 16.2. The van der Waals surface area contributed by atoms with Crippen molar-refractivity contribution in [1.82, 2.24) is 0 Å². The van der Waals surface area contributed by atoms with Gasteiger partial charge in [-0.2, -0.15) is 0 Å². The predicted octanol–water partition coefficient (Wildman–Crippen LogP) is 4.61. The molecule has 4 nitrogen and oxygen atoms in total. The molecule has 3 aromatic carbocycles. The largest absolute Gasteiger partial charge is 0.363 e. The summed E-state index contributed by atoms with van der Waals surface area (Å²) in [4.78, 5) is 14.5. The summed E-state index contributed by atoms with van der Waals surface area (Å²) in [5.74, 6) is -0.0739. The van der Waals surface area contributed by atoms with Gasteiger partial charge >= 0.3 is 0 Å². The van der Waals surface area contributed by atoms with Crippen molar-refractivity contribution in [3.05, 3.63) is 95.7 Å². The number of rotatable bonds is 3. The Hall–Kier alpha value is -3.53. The summed E-state index contributed by atoms with van der Waals surface area (Å²) in [6.07, 6.45) is 1.78. The average Bonchev–Trinajstić information content (AvgIpc) is 3.27. The number of nitrogens with one attached hydrogen (secondary N) is 2. The number of benzene rings is 3. The molecule has 0 aliphatic carbocycles. The molecular formula is C23H19N3O. The van der Waals surface area contributed by atoms with E-state index < -0.39 is 0 Å². The zero-order chi connectivity index (χ0) is 18.2. The number of amides is 1. The third kappa shape index (κ3) is 2.85. The Kier molecular flexibility index (Phi) is 3.68. The first-order chi connectivity index (χ1) is 13.3. The quantitative estimate of drug-likeness (QED) is 0.676. The van der Waals surface area contributed by atoms with Crippen molar-refractivity contribution in [2.75, 3.05) is 15.5 Å². The minimum Gasteiger partial charge on any atom is -0.363 e. The summed E-state index contributed by atoms with van der Waals surface area (Å²) in [6.45, 7) is 1.90. The van der Waals surface area contributed by atoms with E-state index in [9.17, 15) is 4.79 Å². The van der Waals surface area contributed by atoms with Gasteiger partial charge in [0.05, 0.1) is 5.57 Å². The van der Waals surface area contributed by atoms with Crippen LogP contribution in [0.25, 0.3) is 5.57 Å². The van der Waals surface area contributed by atoms with Crippen LogP contribution in [0.3, 0.4) is 0 Å². The molecule has 0 radical (unpaired) electrons. The topological polar surface area (TPSA) is 44.4 Å². The number of nitrogens with zero attached hydrogens (tertiary/aromatic N) is 1.